The molecule has 0 bridgehead atoms. The van der Waals surface area contributed by atoms with E-state index in [1.807, 2.05) is 37.3 Å². The minimum atomic E-state index is -0.526. The summed E-state index contributed by atoms with van der Waals surface area (Å²) in [7, 11) is 0. The molecule has 1 aliphatic heterocycles. The highest BCUT2D eigenvalue weighted by atomic mass is 16.7. The molecule has 2 aromatic carbocycles. The number of rotatable bonds is 8. The van der Waals surface area contributed by atoms with Gasteiger partial charge in [0.2, 0.25) is 6.79 Å². The zero-order valence-electron chi connectivity index (χ0n) is 16.9. The Bertz CT molecular complexity index is 862. The average Bonchev–Trinajstić information content (AvgIpc) is 3.21. The van der Waals surface area contributed by atoms with Crippen LogP contribution >= 0.6 is 0 Å². The lowest BCUT2D eigenvalue weighted by Crippen LogP contribution is -2.31. The lowest BCUT2D eigenvalue weighted by molar-refractivity contribution is -0.124. The van der Waals surface area contributed by atoms with Gasteiger partial charge >= 0.3 is 5.97 Å². The van der Waals surface area contributed by atoms with Crippen LogP contribution in [0.2, 0.25) is 0 Å². The topological polar surface area (TPSA) is 77.1 Å². The fourth-order valence-corrected chi connectivity index (χ4v) is 3.16. The Kier molecular flexibility index (Phi) is 6.59. The van der Waals surface area contributed by atoms with Crippen molar-refractivity contribution in [2.45, 2.75) is 26.8 Å². The molecule has 1 unspecified atom stereocenters. The number of benzene rings is 2. The van der Waals surface area contributed by atoms with Crippen molar-refractivity contribution in [1.29, 1.82) is 0 Å². The minimum Gasteiger partial charge on any atom is -0.454 e. The number of nitrogens with one attached hydrogen (secondary N) is 1. The Morgan fingerprint density at radius 1 is 1.07 bits per heavy atom. The van der Waals surface area contributed by atoms with Crippen molar-refractivity contribution in [2.75, 3.05) is 31.4 Å². The van der Waals surface area contributed by atoms with E-state index in [-0.39, 0.29) is 25.3 Å². The third kappa shape index (κ3) is 4.99. The molecule has 0 aromatic heterocycles. The Labute approximate surface area is 170 Å². The first kappa shape index (κ1) is 20.5. The van der Waals surface area contributed by atoms with Crippen molar-refractivity contribution in [3.63, 3.8) is 0 Å². The van der Waals surface area contributed by atoms with Gasteiger partial charge in [0.15, 0.2) is 18.1 Å². The van der Waals surface area contributed by atoms with Crippen LogP contribution < -0.4 is 19.7 Å². The highest BCUT2D eigenvalue weighted by Crippen LogP contribution is 2.34. The molecule has 154 valence electrons. The highest BCUT2D eigenvalue weighted by molar-refractivity contribution is 5.91. The maximum atomic E-state index is 12.2. The maximum Gasteiger partial charge on any atom is 0.338 e. The first-order valence-corrected chi connectivity index (χ1v) is 9.72. The molecule has 1 amide bonds. The number of hydrogen-bond acceptors (Lipinski definition) is 6. The zero-order valence-corrected chi connectivity index (χ0v) is 16.9. The van der Waals surface area contributed by atoms with Crippen molar-refractivity contribution < 1.29 is 23.8 Å². The number of nitrogens with zero attached hydrogens (tertiary/aromatic N) is 1. The molecule has 0 fully saturated rings. The summed E-state index contributed by atoms with van der Waals surface area (Å²) in [6.07, 6.45) is 0. The largest absolute Gasteiger partial charge is 0.454 e. The SMILES string of the molecule is CCN(CC)c1ccc(C(=O)OCC(=O)NC(C)c2ccc3c(c2)OCO3)cc1. The number of carbonyl (C=O) groups excluding carboxylic acids is 2. The second-order valence-corrected chi connectivity index (χ2v) is 6.70. The van der Waals surface area contributed by atoms with Gasteiger partial charge < -0.3 is 24.4 Å². The van der Waals surface area contributed by atoms with E-state index in [0.29, 0.717) is 17.1 Å². The molecular weight excluding hydrogens is 372 g/mol. The third-order valence-corrected chi connectivity index (χ3v) is 4.84. The Hall–Kier alpha value is -3.22. The fourth-order valence-electron chi connectivity index (χ4n) is 3.16. The minimum absolute atomic E-state index is 0.200. The fraction of sp³-hybridized carbons (Fsp3) is 0.364. The van der Waals surface area contributed by atoms with Crippen molar-refractivity contribution in [1.82, 2.24) is 5.32 Å². The van der Waals surface area contributed by atoms with E-state index < -0.39 is 5.97 Å². The van der Waals surface area contributed by atoms with E-state index in [1.54, 1.807) is 12.1 Å². The van der Waals surface area contributed by atoms with Gasteiger partial charge in [-0.15, -0.1) is 0 Å². The molecule has 1 heterocycles. The van der Waals surface area contributed by atoms with Gasteiger partial charge in [0, 0.05) is 18.8 Å². The summed E-state index contributed by atoms with van der Waals surface area (Å²) in [4.78, 5) is 26.6. The Morgan fingerprint density at radius 3 is 2.45 bits per heavy atom. The molecule has 1 N–H and O–H groups in total. The summed E-state index contributed by atoms with van der Waals surface area (Å²) in [5.41, 5.74) is 2.33. The van der Waals surface area contributed by atoms with Crippen molar-refractivity contribution in [3.8, 4) is 11.5 Å². The Morgan fingerprint density at radius 2 is 1.76 bits per heavy atom. The number of hydrogen-bond donors (Lipinski definition) is 1. The van der Waals surface area contributed by atoms with Crippen molar-refractivity contribution >= 4 is 17.6 Å². The van der Waals surface area contributed by atoms with Crippen LogP contribution in [-0.4, -0.2) is 38.4 Å². The quantitative estimate of drug-likeness (QED) is 0.688. The molecule has 7 heteroatoms. The summed E-state index contributed by atoms with van der Waals surface area (Å²) in [6.45, 7) is 7.65. The van der Waals surface area contributed by atoms with Gasteiger partial charge in [-0.2, -0.15) is 0 Å². The normalized spacial score (nSPS) is 12.9. The van der Waals surface area contributed by atoms with E-state index in [1.165, 1.54) is 0 Å². The summed E-state index contributed by atoms with van der Waals surface area (Å²) in [6, 6.07) is 12.4. The molecule has 1 atom stereocenters. The molecule has 0 spiro atoms. The van der Waals surface area contributed by atoms with Crippen molar-refractivity contribution in [2.24, 2.45) is 0 Å². The van der Waals surface area contributed by atoms with E-state index in [4.69, 9.17) is 14.2 Å². The number of carbonyl (C=O) groups is 2. The number of ether oxygens (including phenoxy) is 3. The predicted molar refractivity (Wildman–Crippen MR) is 109 cm³/mol. The van der Waals surface area contributed by atoms with Crippen LogP contribution in [0.1, 0.15) is 42.7 Å². The van der Waals surface area contributed by atoms with Crippen LogP contribution in [0.15, 0.2) is 42.5 Å². The molecule has 0 radical (unpaired) electrons. The van der Waals surface area contributed by atoms with Crippen LogP contribution in [-0.2, 0) is 9.53 Å². The third-order valence-electron chi connectivity index (χ3n) is 4.84. The molecule has 29 heavy (non-hydrogen) atoms. The smallest absolute Gasteiger partial charge is 0.338 e. The average molecular weight is 398 g/mol. The molecule has 2 aromatic rings. The Balaban J connectivity index is 1.50. The van der Waals surface area contributed by atoms with E-state index in [0.717, 1.165) is 24.3 Å². The van der Waals surface area contributed by atoms with E-state index in [9.17, 15) is 9.59 Å². The van der Waals surface area contributed by atoms with Crippen LogP contribution in [0.5, 0.6) is 11.5 Å². The highest BCUT2D eigenvalue weighted by Gasteiger charge is 2.18. The van der Waals surface area contributed by atoms with Crippen LogP contribution in [0, 0.1) is 0 Å². The second kappa shape index (κ2) is 9.32. The van der Waals surface area contributed by atoms with Crippen LogP contribution in [0.4, 0.5) is 5.69 Å². The summed E-state index contributed by atoms with van der Waals surface area (Å²) >= 11 is 0. The van der Waals surface area contributed by atoms with Crippen molar-refractivity contribution in [3.05, 3.63) is 53.6 Å². The number of fused-ring (bicyclic) bond motifs is 1. The second-order valence-electron chi connectivity index (χ2n) is 6.70. The maximum absolute atomic E-state index is 12.2. The van der Waals surface area contributed by atoms with Gasteiger partial charge in [-0.25, -0.2) is 4.79 Å². The standard InChI is InChI=1S/C22H26N2O5/c1-4-24(5-2)18-9-6-16(7-10-18)22(26)27-13-21(25)23-15(3)17-8-11-19-20(12-17)29-14-28-19/h6-12,15H,4-5,13-14H2,1-3H3,(H,23,25). The number of anilines is 1. The number of amides is 1. The first-order valence-electron chi connectivity index (χ1n) is 9.72. The molecular formula is C22H26N2O5. The molecule has 3 rings (SSSR count). The summed E-state index contributed by atoms with van der Waals surface area (Å²) < 4.78 is 15.8. The molecule has 0 aliphatic carbocycles. The van der Waals surface area contributed by atoms with Gasteiger partial charge in [-0.05, 0) is 62.7 Å². The van der Waals surface area contributed by atoms with E-state index in [2.05, 4.69) is 24.1 Å². The van der Waals surface area contributed by atoms with Gasteiger partial charge in [-0.1, -0.05) is 6.07 Å². The monoisotopic (exact) mass is 398 g/mol. The predicted octanol–water partition coefficient (Wildman–Crippen LogP) is 3.30. The molecule has 7 nitrogen and oxygen atoms in total. The van der Waals surface area contributed by atoms with Gasteiger partial charge in [0.25, 0.3) is 5.91 Å². The zero-order chi connectivity index (χ0) is 20.8. The van der Waals surface area contributed by atoms with E-state index >= 15 is 0 Å². The molecule has 0 saturated heterocycles. The van der Waals surface area contributed by atoms with Gasteiger partial charge in [0.1, 0.15) is 0 Å². The van der Waals surface area contributed by atoms with Gasteiger partial charge in [0.05, 0.1) is 11.6 Å². The molecule has 0 saturated carbocycles. The van der Waals surface area contributed by atoms with Gasteiger partial charge in [-0.3, -0.25) is 4.79 Å². The summed E-state index contributed by atoms with van der Waals surface area (Å²) in [5, 5.41) is 2.81. The molecule has 1 aliphatic rings. The van der Waals surface area contributed by atoms with Crippen LogP contribution in [0.3, 0.4) is 0 Å². The number of esters is 1. The first-order chi connectivity index (χ1) is 14.0. The lowest BCUT2D eigenvalue weighted by Gasteiger charge is -2.21. The lowest BCUT2D eigenvalue weighted by atomic mass is 10.1. The summed E-state index contributed by atoms with van der Waals surface area (Å²) in [5.74, 6) is 0.446. The van der Waals surface area contributed by atoms with Crippen LogP contribution in [0.25, 0.3) is 0 Å².